The summed E-state index contributed by atoms with van der Waals surface area (Å²) < 4.78 is 8.38. The summed E-state index contributed by atoms with van der Waals surface area (Å²) in [6.07, 6.45) is 1.93. The molecule has 4 aromatic rings. The van der Waals surface area contributed by atoms with E-state index in [2.05, 4.69) is 6.92 Å². The number of hydrogen-bond donors (Lipinski definition) is 0. The van der Waals surface area contributed by atoms with Crippen molar-refractivity contribution in [1.29, 1.82) is 0 Å². The van der Waals surface area contributed by atoms with E-state index in [1.807, 2.05) is 47.0 Å². The molecule has 0 spiro atoms. The maximum absolute atomic E-state index is 13.3. The number of ether oxygens (including phenoxy) is 1. The maximum Gasteiger partial charge on any atom is 0.341 e. The van der Waals surface area contributed by atoms with Crippen molar-refractivity contribution in [2.75, 3.05) is 12.4 Å². The minimum absolute atomic E-state index is 0.0694. The molecule has 28 heavy (non-hydrogen) atoms. The van der Waals surface area contributed by atoms with Crippen LogP contribution in [0, 0.1) is 0 Å². The van der Waals surface area contributed by atoms with Crippen molar-refractivity contribution in [2.45, 2.75) is 18.1 Å². The monoisotopic (exact) mass is 409 g/mol. The van der Waals surface area contributed by atoms with Crippen molar-refractivity contribution >= 4 is 51.3 Å². The maximum atomic E-state index is 13.3. The molecule has 0 amide bonds. The lowest BCUT2D eigenvalue weighted by atomic mass is 10.1. The molecule has 0 saturated heterocycles. The van der Waals surface area contributed by atoms with Crippen molar-refractivity contribution in [1.82, 2.24) is 4.40 Å². The average molecular weight is 410 g/mol. The Bertz CT molecular complexity index is 1170. The first kappa shape index (κ1) is 18.8. The summed E-state index contributed by atoms with van der Waals surface area (Å²) >= 11 is 3.14. The summed E-state index contributed by atoms with van der Waals surface area (Å²) in [5.74, 6) is 0.415. The van der Waals surface area contributed by atoms with Gasteiger partial charge in [0.25, 0.3) is 0 Å². The Hall–Kier alpha value is -2.57. The quantitative estimate of drug-likeness (QED) is 0.234. The highest BCUT2D eigenvalue weighted by molar-refractivity contribution is 8.01. The van der Waals surface area contributed by atoms with Gasteiger partial charge in [-0.3, -0.25) is 4.79 Å². The van der Waals surface area contributed by atoms with E-state index in [9.17, 15) is 9.59 Å². The van der Waals surface area contributed by atoms with Crippen LogP contribution in [0.4, 0.5) is 0 Å². The number of thiophene rings is 1. The fourth-order valence-electron chi connectivity index (χ4n) is 3.34. The number of carbonyl (C=O) groups excluding carboxylic acids is 2. The van der Waals surface area contributed by atoms with Crippen LogP contribution in [0.1, 0.15) is 39.4 Å². The second kappa shape index (κ2) is 7.81. The van der Waals surface area contributed by atoms with Crippen molar-refractivity contribution in [3.05, 3.63) is 70.7 Å². The molecule has 3 aromatic heterocycles. The lowest BCUT2D eigenvalue weighted by Crippen LogP contribution is -2.06. The van der Waals surface area contributed by atoms with Gasteiger partial charge in [-0.15, -0.1) is 23.1 Å². The minimum Gasteiger partial charge on any atom is -0.462 e. The van der Waals surface area contributed by atoms with Crippen LogP contribution in [0.3, 0.4) is 0 Å². The molecule has 6 heteroatoms. The van der Waals surface area contributed by atoms with Crippen molar-refractivity contribution in [2.24, 2.45) is 0 Å². The zero-order valence-electron chi connectivity index (χ0n) is 15.6. The third-order valence-electron chi connectivity index (χ3n) is 4.46. The molecule has 0 aliphatic heterocycles. The molecule has 0 aliphatic rings. The molecular weight excluding hydrogens is 390 g/mol. The highest BCUT2D eigenvalue weighted by Gasteiger charge is 2.29. The van der Waals surface area contributed by atoms with Gasteiger partial charge in [0.15, 0.2) is 0 Å². The normalized spacial score (nSPS) is 11.2. The minimum atomic E-state index is -0.394. The summed E-state index contributed by atoms with van der Waals surface area (Å²) in [6, 6.07) is 14.9. The van der Waals surface area contributed by atoms with Gasteiger partial charge in [-0.05, 0) is 24.8 Å². The largest absolute Gasteiger partial charge is 0.462 e. The van der Waals surface area contributed by atoms with Crippen LogP contribution in [0.15, 0.2) is 58.9 Å². The third-order valence-corrected chi connectivity index (χ3v) is 6.78. The summed E-state index contributed by atoms with van der Waals surface area (Å²) in [5.41, 5.74) is 2.76. The summed E-state index contributed by atoms with van der Waals surface area (Å²) in [7, 11) is 0. The molecule has 0 N–H and O–H groups in total. The number of carbonyl (C=O) groups is 2. The molecule has 0 saturated carbocycles. The fraction of sp³-hybridized carbons (Fsp3) is 0.182. The lowest BCUT2D eigenvalue weighted by molar-refractivity contribution is 0.0531. The van der Waals surface area contributed by atoms with E-state index in [1.165, 1.54) is 11.3 Å². The first-order valence-corrected chi connectivity index (χ1v) is 10.9. The Morgan fingerprint density at radius 1 is 1.07 bits per heavy atom. The predicted octanol–water partition coefficient (Wildman–Crippen LogP) is 5.67. The molecular formula is C22H19NO3S2. The average Bonchev–Trinajstić information content (AvgIpc) is 3.24. The molecule has 0 atom stereocenters. The third kappa shape index (κ3) is 3.02. The van der Waals surface area contributed by atoms with Gasteiger partial charge < -0.3 is 9.14 Å². The number of aromatic nitrogens is 1. The van der Waals surface area contributed by atoms with Gasteiger partial charge >= 0.3 is 5.97 Å². The molecule has 4 rings (SSSR count). The predicted molar refractivity (Wildman–Crippen MR) is 115 cm³/mol. The molecule has 0 fully saturated rings. The highest BCUT2D eigenvalue weighted by atomic mass is 32.2. The summed E-state index contributed by atoms with van der Waals surface area (Å²) in [5, 5.41) is 0.694. The van der Waals surface area contributed by atoms with Crippen LogP contribution < -0.4 is 0 Å². The standard InChI is InChI=1S/C22H19NO3S2/c1-3-26-21(25)16-15-12-8-9-13-23(15)18-17(16)20(28-22(18)27-4-2)19(24)14-10-6-5-7-11-14/h5-13H,3-4H2,1-2H3. The van der Waals surface area contributed by atoms with Gasteiger partial charge in [0.05, 0.1) is 32.3 Å². The van der Waals surface area contributed by atoms with Crippen LogP contribution in [-0.2, 0) is 4.74 Å². The number of nitrogens with zero attached hydrogens (tertiary/aromatic N) is 1. The van der Waals surface area contributed by atoms with E-state index in [-0.39, 0.29) is 12.4 Å². The van der Waals surface area contributed by atoms with Crippen LogP contribution >= 0.6 is 23.1 Å². The van der Waals surface area contributed by atoms with Crippen LogP contribution in [0.2, 0.25) is 0 Å². The highest BCUT2D eigenvalue weighted by Crippen LogP contribution is 2.43. The van der Waals surface area contributed by atoms with Crippen molar-refractivity contribution < 1.29 is 14.3 Å². The van der Waals surface area contributed by atoms with Gasteiger partial charge in [-0.2, -0.15) is 0 Å². The Balaban J connectivity index is 2.08. The number of benzene rings is 1. The second-order valence-corrected chi connectivity index (χ2v) is 8.68. The molecule has 0 unspecified atom stereocenters. The lowest BCUT2D eigenvalue weighted by Gasteiger charge is -2.03. The molecule has 1 aromatic carbocycles. The van der Waals surface area contributed by atoms with Gasteiger partial charge in [-0.1, -0.05) is 43.3 Å². The number of pyridine rings is 1. The summed E-state index contributed by atoms with van der Waals surface area (Å²) in [4.78, 5) is 26.8. The number of ketones is 1. The topological polar surface area (TPSA) is 47.8 Å². The van der Waals surface area contributed by atoms with Crippen molar-refractivity contribution in [3.63, 3.8) is 0 Å². The molecule has 142 valence electrons. The molecule has 4 nitrogen and oxygen atoms in total. The Morgan fingerprint density at radius 2 is 1.82 bits per heavy atom. The van der Waals surface area contributed by atoms with Crippen LogP contribution in [0.25, 0.3) is 16.4 Å². The number of esters is 1. The number of fused-ring (bicyclic) bond motifs is 3. The number of hydrogen-bond acceptors (Lipinski definition) is 5. The first-order chi connectivity index (χ1) is 13.7. The van der Waals surface area contributed by atoms with E-state index >= 15 is 0 Å². The first-order valence-electron chi connectivity index (χ1n) is 9.12. The fourth-order valence-corrected chi connectivity index (χ4v) is 5.77. The van der Waals surface area contributed by atoms with Crippen molar-refractivity contribution in [3.8, 4) is 0 Å². The molecule has 0 aliphatic carbocycles. The Kier molecular flexibility index (Phi) is 5.24. The van der Waals surface area contributed by atoms with Gasteiger partial charge in [0.1, 0.15) is 0 Å². The van der Waals surface area contributed by atoms with Gasteiger partial charge in [0.2, 0.25) is 5.78 Å². The number of thioether (sulfide) groups is 1. The van der Waals surface area contributed by atoms with E-state index < -0.39 is 5.97 Å². The van der Waals surface area contributed by atoms with Gasteiger partial charge in [0, 0.05) is 17.1 Å². The summed E-state index contributed by atoms with van der Waals surface area (Å²) in [6.45, 7) is 4.15. The Labute approximate surface area is 171 Å². The molecule has 0 bridgehead atoms. The number of rotatable bonds is 6. The van der Waals surface area contributed by atoms with E-state index in [4.69, 9.17) is 4.74 Å². The SMILES string of the molecule is CCOC(=O)c1c2c(C(=O)c3ccccc3)sc(SCC)c2n2ccccc12. The zero-order valence-corrected chi connectivity index (χ0v) is 17.2. The van der Waals surface area contributed by atoms with E-state index in [0.717, 1.165) is 21.0 Å². The molecule has 0 radical (unpaired) electrons. The second-order valence-electron chi connectivity index (χ2n) is 6.12. The molecule has 3 heterocycles. The van der Waals surface area contributed by atoms with Crippen LogP contribution in [-0.4, -0.2) is 28.5 Å². The smallest absolute Gasteiger partial charge is 0.341 e. The Morgan fingerprint density at radius 3 is 2.54 bits per heavy atom. The van der Waals surface area contributed by atoms with E-state index in [1.54, 1.807) is 30.8 Å². The van der Waals surface area contributed by atoms with E-state index in [0.29, 0.717) is 21.4 Å². The van der Waals surface area contributed by atoms with Gasteiger partial charge in [-0.25, -0.2) is 4.79 Å². The van der Waals surface area contributed by atoms with Crippen LogP contribution in [0.5, 0.6) is 0 Å². The zero-order chi connectivity index (χ0) is 19.7.